The molecule has 1 aromatic heterocycles. The molecular formula is C12H8Cl3NO. The lowest BCUT2D eigenvalue weighted by Gasteiger charge is -2.10. The van der Waals surface area contributed by atoms with Gasteiger partial charge >= 0.3 is 0 Å². The van der Waals surface area contributed by atoms with Crippen LogP contribution in [-0.2, 0) is 0 Å². The van der Waals surface area contributed by atoms with Crippen molar-refractivity contribution in [2.75, 3.05) is 7.11 Å². The summed E-state index contributed by atoms with van der Waals surface area (Å²) < 4.78 is 5.18. The molecule has 2 aromatic rings. The Hall–Kier alpha value is -0.960. The highest BCUT2D eigenvalue weighted by Gasteiger charge is 2.14. The third-order valence-electron chi connectivity index (χ3n) is 2.24. The molecule has 0 saturated heterocycles. The number of benzene rings is 1. The lowest BCUT2D eigenvalue weighted by atomic mass is 10.1. The van der Waals surface area contributed by atoms with Gasteiger partial charge in [-0.05, 0) is 18.2 Å². The minimum Gasteiger partial charge on any atom is -0.481 e. The van der Waals surface area contributed by atoms with E-state index in [-0.39, 0.29) is 0 Å². The second-order valence-corrected chi connectivity index (χ2v) is 4.56. The predicted octanol–water partition coefficient (Wildman–Crippen LogP) is 4.72. The molecule has 0 N–H and O–H groups in total. The minimum atomic E-state index is 0.435. The number of halogens is 3. The van der Waals surface area contributed by atoms with Crippen molar-refractivity contribution in [3.8, 4) is 17.0 Å². The Balaban J connectivity index is 2.71. The summed E-state index contributed by atoms with van der Waals surface area (Å²) in [6, 6.07) is 7.01. The van der Waals surface area contributed by atoms with Crippen molar-refractivity contribution in [2.45, 2.75) is 0 Å². The first-order valence-corrected chi connectivity index (χ1v) is 5.91. The Morgan fingerprint density at radius 3 is 2.35 bits per heavy atom. The van der Waals surface area contributed by atoms with Gasteiger partial charge in [0.2, 0.25) is 5.88 Å². The lowest BCUT2D eigenvalue weighted by molar-refractivity contribution is 0.399. The van der Waals surface area contributed by atoms with Gasteiger partial charge < -0.3 is 4.74 Å². The molecule has 0 spiro atoms. The zero-order valence-electron chi connectivity index (χ0n) is 8.88. The quantitative estimate of drug-likeness (QED) is 0.798. The summed E-state index contributed by atoms with van der Waals surface area (Å²) in [6.45, 7) is 0. The van der Waals surface area contributed by atoms with E-state index in [1.165, 1.54) is 13.3 Å². The SMILES string of the molecule is COc1ncc(Cl)cc1-c1c(Cl)cccc1Cl. The summed E-state index contributed by atoms with van der Waals surface area (Å²) in [7, 11) is 1.53. The second-order valence-electron chi connectivity index (χ2n) is 3.31. The molecule has 0 aliphatic rings. The average Bonchev–Trinajstić information content (AvgIpc) is 2.29. The van der Waals surface area contributed by atoms with Crippen LogP contribution in [0, 0.1) is 0 Å². The number of rotatable bonds is 2. The highest BCUT2D eigenvalue weighted by molar-refractivity contribution is 6.39. The monoisotopic (exact) mass is 287 g/mol. The average molecular weight is 289 g/mol. The first-order chi connectivity index (χ1) is 8.13. The molecule has 17 heavy (non-hydrogen) atoms. The van der Waals surface area contributed by atoms with Crippen LogP contribution < -0.4 is 4.74 Å². The fourth-order valence-corrected chi connectivity index (χ4v) is 2.28. The molecule has 1 heterocycles. The Morgan fingerprint density at radius 1 is 1.12 bits per heavy atom. The molecule has 5 heteroatoms. The molecule has 2 nitrogen and oxygen atoms in total. The van der Waals surface area contributed by atoms with Crippen LogP contribution in [0.1, 0.15) is 0 Å². The van der Waals surface area contributed by atoms with Gasteiger partial charge in [0.25, 0.3) is 0 Å². The van der Waals surface area contributed by atoms with Crippen LogP contribution in [-0.4, -0.2) is 12.1 Å². The highest BCUT2D eigenvalue weighted by Crippen LogP contribution is 2.39. The zero-order chi connectivity index (χ0) is 12.4. The van der Waals surface area contributed by atoms with E-state index in [1.54, 1.807) is 24.3 Å². The van der Waals surface area contributed by atoms with Crippen LogP contribution in [0.3, 0.4) is 0 Å². The van der Waals surface area contributed by atoms with E-state index in [2.05, 4.69) is 4.98 Å². The molecule has 0 atom stereocenters. The fraction of sp³-hybridized carbons (Fsp3) is 0.0833. The molecule has 0 bridgehead atoms. The third-order valence-corrected chi connectivity index (χ3v) is 3.08. The normalized spacial score (nSPS) is 10.4. The number of hydrogen-bond donors (Lipinski definition) is 0. The molecule has 0 radical (unpaired) electrons. The van der Waals surface area contributed by atoms with E-state index >= 15 is 0 Å². The molecule has 0 aliphatic heterocycles. The maximum Gasteiger partial charge on any atom is 0.221 e. The molecule has 88 valence electrons. The number of ether oxygens (including phenoxy) is 1. The van der Waals surface area contributed by atoms with Crippen molar-refractivity contribution in [1.82, 2.24) is 4.98 Å². The Labute approximate surface area is 114 Å². The molecular weight excluding hydrogens is 280 g/mol. The fourth-order valence-electron chi connectivity index (χ4n) is 1.52. The van der Waals surface area contributed by atoms with Crippen LogP contribution in [0.5, 0.6) is 5.88 Å². The molecule has 1 aromatic carbocycles. The summed E-state index contributed by atoms with van der Waals surface area (Å²) in [4.78, 5) is 4.08. The number of nitrogens with zero attached hydrogens (tertiary/aromatic N) is 1. The van der Waals surface area contributed by atoms with E-state index in [0.29, 0.717) is 32.1 Å². The van der Waals surface area contributed by atoms with Gasteiger partial charge in [0.1, 0.15) is 0 Å². The smallest absolute Gasteiger partial charge is 0.221 e. The second kappa shape index (κ2) is 5.13. The van der Waals surface area contributed by atoms with Crippen molar-refractivity contribution in [1.29, 1.82) is 0 Å². The number of hydrogen-bond acceptors (Lipinski definition) is 2. The lowest BCUT2D eigenvalue weighted by Crippen LogP contribution is -1.92. The maximum absolute atomic E-state index is 6.13. The number of aromatic nitrogens is 1. The van der Waals surface area contributed by atoms with Crippen LogP contribution in [0.4, 0.5) is 0 Å². The van der Waals surface area contributed by atoms with E-state index in [9.17, 15) is 0 Å². The summed E-state index contributed by atoms with van der Waals surface area (Å²) in [5, 5.41) is 1.55. The van der Waals surface area contributed by atoms with Crippen molar-refractivity contribution in [2.24, 2.45) is 0 Å². The third kappa shape index (κ3) is 2.49. The van der Waals surface area contributed by atoms with Gasteiger partial charge in [0.15, 0.2) is 0 Å². The van der Waals surface area contributed by atoms with Gasteiger partial charge in [-0.1, -0.05) is 40.9 Å². The van der Waals surface area contributed by atoms with Crippen LogP contribution in [0.25, 0.3) is 11.1 Å². The first kappa shape index (κ1) is 12.5. The summed E-state index contributed by atoms with van der Waals surface area (Å²) in [6.07, 6.45) is 1.51. The van der Waals surface area contributed by atoms with E-state index in [4.69, 9.17) is 39.5 Å². The molecule has 0 saturated carbocycles. The van der Waals surface area contributed by atoms with Crippen molar-refractivity contribution in [3.05, 3.63) is 45.5 Å². The van der Waals surface area contributed by atoms with Gasteiger partial charge in [-0.3, -0.25) is 0 Å². The molecule has 0 fully saturated rings. The van der Waals surface area contributed by atoms with Crippen molar-refractivity contribution < 1.29 is 4.74 Å². The van der Waals surface area contributed by atoms with Gasteiger partial charge in [-0.15, -0.1) is 0 Å². The summed E-state index contributed by atoms with van der Waals surface area (Å²) >= 11 is 18.2. The van der Waals surface area contributed by atoms with E-state index < -0.39 is 0 Å². The standard InChI is InChI=1S/C12H8Cl3NO/c1-17-12-8(5-7(13)6-16-12)11-9(14)3-2-4-10(11)15/h2-6H,1H3. The molecule has 0 amide bonds. The van der Waals surface area contributed by atoms with Crippen molar-refractivity contribution >= 4 is 34.8 Å². The van der Waals surface area contributed by atoms with Crippen LogP contribution in [0.2, 0.25) is 15.1 Å². The first-order valence-electron chi connectivity index (χ1n) is 4.77. The maximum atomic E-state index is 6.13. The largest absolute Gasteiger partial charge is 0.481 e. The zero-order valence-corrected chi connectivity index (χ0v) is 11.1. The molecule has 0 aliphatic carbocycles. The topological polar surface area (TPSA) is 22.1 Å². The van der Waals surface area contributed by atoms with Gasteiger partial charge in [0.05, 0.1) is 22.2 Å². The molecule has 0 unspecified atom stereocenters. The number of pyridine rings is 1. The number of methoxy groups -OCH3 is 1. The van der Waals surface area contributed by atoms with Crippen LogP contribution in [0.15, 0.2) is 30.5 Å². The predicted molar refractivity (Wildman–Crippen MR) is 71.3 cm³/mol. The summed E-state index contributed by atoms with van der Waals surface area (Å²) in [5.41, 5.74) is 1.35. The minimum absolute atomic E-state index is 0.435. The van der Waals surface area contributed by atoms with Gasteiger partial charge in [0, 0.05) is 17.3 Å². The Kier molecular flexibility index (Phi) is 3.77. The highest BCUT2D eigenvalue weighted by atomic mass is 35.5. The Bertz CT molecular complexity index is 537. The van der Waals surface area contributed by atoms with Gasteiger partial charge in [-0.25, -0.2) is 4.98 Å². The van der Waals surface area contributed by atoms with E-state index in [0.717, 1.165) is 0 Å². The molecule has 2 rings (SSSR count). The summed E-state index contributed by atoms with van der Waals surface area (Å²) in [5.74, 6) is 0.435. The Morgan fingerprint density at radius 2 is 1.76 bits per heavy atom. The van der Waals surface area contributed by atoms with E-state index in [1.807, 2.05) is 0 Å². The van der Waals surface area contributed by atoms with Gasteiger partial charge in [-0.2, -0.15) is 0 Å². The van der Waals surface area contributed by atoms with Crippen LogP contribution >= 0.6 is 34.8 Å². The van der Waals surface area contributed by atoms with Crippen molar-refractivity contribution in [3.63, 3.8) is 0 Å².